The van der Waals surface area contributed by atoms with Gasteiger partial charge in [0.15, 0.2) is 5.78 Å². The van der Waals surface area contributed by atoms with Crippen LogP contribution < -0.4 is 5.32 Å². The van der Waals surface area contributed by atoms with E-state index < -0.39 is 0 Å². The van der Waals surface area contributed by atoms with Crippen LogP contribution in [0.25, 0.3) is 22.0 Å². The number of hydrogen-bond donors (Lipinski definition) is 3. The van der Waals surface area contributed by atoms with Gasteiger partial charge in [-0.1, -0.05) is 19.1 Å². The van der Waals surface area contributed by atoms with E-state index in [4.69, 9.17) is 0 Å². The van der Waals surface area contributed by atoms with Gasteiger partial charge in [0.05, 0.1) is 23.4 Å². The average Bonchev–Trinajstić information content (AvgIpc) is 3.66. The molecule has 0 saturated heterocycles. The molecule has 2 saturated carbocycles. The monoisotopic (exact) mass is 430 g/mol. The summed E-state index contributed by atoms with van der Waals surface area (Å²) in [7, 11) is 0. The van der Waals surface area contributed by atoms with Crippen molar-refractivity contribution >= 4 is 22.4 Å². The molecule has 166 valence electrons. The molecule has 0 bridgehead atoms. The first-order valence-corrected chi connectivity index (χ1v) is 11.7. The Bertz CT molecular complexity index is 1160. The Kier molecular flexibility index (Phi) is 5.60. The van der Waals surface area contributed by atoms with Crippen molar-refractivity contribution in [2.75, 3.05) is 5.32 Å². The van der Waals surface area contributed by atoms with Crippen molar-refractivity contribution in [1.82, 2.24) is 4.98 Å². The zero-order valence-electron chi connectivity index (χ0n) is 18.5. The lowest BCUT2D eigenvalue weighted by Crippen LogP contribution is -2.26. The number of Topliss-reactive ketones (excluding diaryl/α,β-unsaturated/α-hetero) is 1. The summed E-state index contributed by atoms with van der Waals surface area (Å²) in [6.07, 6.45) is 8.31. The van der Waals surface area contributed by atoms with Gasteiger partial charge < -0.3 is 15.5 Å². The minimum Gasteiger partial charge on any atom is -0.508 e. The number of aliphatic hydroxyl groups is 1. The van der Waals surface area contributed by atoms with Gasteiger partial charge in [0.1, 0.15) is 5.75 Å². The molecular weight excluding hydrogens is 400 g/mol. The molecule has 0 amide bonds. The number of nitrogens with one attached hydrogen (secondary N) is 1. The molecular formula is C27H30N2O3. The van der Waals surface area contributed by atoms with E-state index in [-0.39, 0.29) is 24.1 Å². The van der Waals surface area contributed by atoms with Crippen molar-refractivity contribution in [2.24, 2.45) is 11.8 Å². The zero-order chi connectivity index (χ0) is 22.2. The van der Waals surface area contributed by atoms with Gasteiger partial charge in [-0.3, -0.25) is 9.78 Å². The quantitative estimate of drug-likeness (QED) is 0.438. The maximum Gasteiger partial charge on any atom is 0.169 e. The molecule has 2 aliphatic carbocycles. The summed E-state index contributed by atoms with van der Waals surface area (Å²) in [6, 6.07) is 11.7. The summed E-state index contributed by atoms with van der Waals surface area (Å²) in [5.41, 5.74) is 4.84. The molecule has 0 aliphatic heterocycles. The highest BCUT2D eigenvalue weighted by Gasteiger charge is 2.33. The number of benzene rings is 2. The Morgan fingerprint density at radius 2 is 1.75 bits per heavy atom. The summed E-state index contributed by atoms with van der Waals surface area (Å²) >= 11 is 0. The predicted octanol–water partition coefficient (Wildman–Crippen LogP) is 5.68. The van der Waals surface area contributed by atoms with E-state index in [0.717, 1.165) is 59.3 Å². The van der Waals surface area contributed by atoms with Gasteiger partial charge in [0.25, 0.3) is 0 Å². The lowest BCUT2D eigenvalue weighted by atomic mass is 9.87. The van der Waals surface area contributed by atoms with Gasteiger partial charge in [-0.2, -0.15) is 0 Å². The minimum atomic E-state index is -0.220. The van der Waals surface area contributed by atoms with E-state index in [1.165, 1.54) is 12.8 Å². The number of nitrogens with zero attached hydrogens (tertiary/aromatic N) is 1. The standard InChI is InChI=1S/C27H30N2O3/c1-16-2-8-21(9-3-16)29-26-22-13-19(18-7-11-25(31)20(12-18)15-30)6-10-24(22)28-14-23(26)27(32)17-4-5-17/h6-7,10-14,16-17,21,30-31H,2-5,8-9,15H2,1H3,(H,28,29)/t16-,21-. The van der Waals surface area contributed by atoms with Crippen molar-refractivity contribution in [1.29, 1.82) is 0 Å². The topological polar surface area (TPSA) is 82.5 Å². The molecule has 0 atom stereocenters. The molecule has 1 aromatic heterocycles. The van der Waals surface area contributed by atoms with E-state index in [9.17, 15) is 15.0 Å². The Labute approximate surface area is 188 Å². The molecule has 5 heteroatoms. The number of anilines is 1. The van der Waals surface area contributed by atoms with E-state index in [1.54, 1.807) is 18.3 Å². The van der Waals surface area contributed by atoms with Crippen LogP contribution in [0.5, 0.6) is 5.75 Å². The Hall–Kier alpha value is -2.92. The fourth-order valence-corrected chi connectivity index (χ4v) is 4.78. The number of rotatable bonds is 6. The molecule has 0 spiro atoms. The number of pyridine rings is 1. The molecule has 3 aromatic rings. The number of carbonyl (C=O) groups is 1. The van der Waals surface area contributed by atoms with Crippen LogP contribution >= 0.6 is 0 Å². The molecule has 5 nitrogen and oxygen atoms in total. The summed E-state index contributed by atoms with van der Waals surface area (Å²) < 4.78 is 0. The third kappa shape index (κ3) is 4.09. The largest absolute Gasteiger partial charge is 0.508 e. The van der Waals surface area contributed by atoms with Crippen LogP contribution in [0.4, 0.5) is 5.69 Å². The first-order valence-electron chi connectivity index (χ1n) is 11.7. The number of hydrogen-bond acceptors (Lipinski definition) is 5. The predicted molar refractivity (Wildman–Crippen MR) is 127 cm³/mol. The van der Waals surface area contributed by atoms with Gasteiger partial charge in [-0.25, -0.2) is 0 Å². The van der Waals surface area contributed by atoms with Gasteiger partial charge in [-0.05, 0) is 79.8 Å². The molecule has 3 N–H and O–H groups in total. The van der Waals surface area contributed by atoms with Crippen LogP contribution in [0.1, 0.15) is 61.4 Å². The van der Waals surface area contributed by atoms with E-state index >= 15 is 0 Å². The highest BCUT2D eigenvalue weighted by atomic mass is 16.3. The van der Waals surface area contributed by atoms with Crippen LogP contribution in [-0.2, 0) is 6.61 Å². The second kappa shape index (κ2) is 8.55. The van der Waals surface area contributed by atoms with Crippen LogP contribution in [0.3, 0.4) is 0 Å². The van der Waals surface area contributed by atoms with Crippen molar-refractivity contribution in [3.05, 3.63) is 53.7 Å². The minimum absolute atomic E-state index is 0.0879. The van der Waals surface area contributed by atoms with Crippen molar-refractivity contribution in [3.8, 4) is 16.9 Å². The maximum absolute atomic E-state index is 13.1. The maximum atomic E-state index is 13.1. The molecule has 5 rings (SSSR count). The number of phenols is 1. The third-order valence-corrected chi connectivity index (χ3v) is 7.03. The second-order valence-corrected chi connectivity index (χ2v) is 9.52. The number of carbonyl (C=O) groups excluding carboxylic acids is 1. The molecule has 2 aromatic carbocycles. The van der Waals surface area contributed by atoms with Crippen molar-refractivity contribution < 1.29 is 15.0 Å². The molecule has 1 heterocycles. The van der Waals surface area contributed by atoms with Crippen LogP contribution in [0, 0.1) is 11.8 Å². The van der Waals surface area contributed by atoms with E-state index in [1.807, 2.05) is 18.2 Å². The smallest absolute Gasteiger partial charge is 0.169 e. The Morgan fingerprint density at radius 3 is 2.47 bits per heavy atom. The average molecular weight is 431 g/mol. The first kappa shape index (κ1) is 21.0. The van der Waals surface area contributed by atoms with Gasteiger partial charge in [-0.15, -0.1) is 0 Å². The van der Waals surface area contributed by atoms with Crippen LogP contribution in [0.2, 0.25) is 0 Å². The molecule has 0 radical (unpaired) electrons. The Balaban J connectivity index is 1.60. The number of aliphatic hydroxyl groups excluding tert-OH is 1. The van der Waals surface area contributed by atoms with Crippen LogP contribution in [0.15, 0.2) is 42.6 Å². The summed E-state index contributed by atoms with van der Waals surface area (Å²) in [4.78, 5) is 17.7. The fraction of sp³-hybridized carbons (Fsp3) is 0.407. The van der Waals surface area contributed by atoms with Crippen LogP contribution in [-0.4, -0.2) is 27.0 Å². The number of fused-ring (bicyclic) bond motifs is 1. The number of ketones is 1. The van der Waals surface area contributed by atoms with Crippen molar-refractivity contribution in [3.63, 3.8) is 0 Å². The highest BCUT2D eigenvalue weighted by molar-refractivity contribution is 6.10. The van der Waals surface area contributed by atoms with Gasteiger partial charge in [0, 0.05) is 29.1 Å². The molecule has 0 unspecified atom stereocenters. The Morgan fingerprint density at radius 1 is 1.03 bits per heavy atom. The van der Waals surface area contributed by atoms with E-state index in [2.05, 4.69) is 23.3 Å². The SMILES string of the molecule is C[C@H]1CC[C@H](Nc2c(C(=O)C3CC3)cnc3ccc(-c4ccc(O)c(CO)c4)cc23)CC1. The fourth-order valence-electron chi connectivity index (χ4n) is 4.78. The molecule has 32 heavy (non-hydrogen) atoms. The summed E-state index contributed by atoms with van der Waals surface area (Å²) in [5.74, 6) is 1.18. The normalized spacial score (nSPS) is 20.9. The number of aromatic hydroxyl groups is 1. The summed E-state index contributed by atoms with van der Waals surface area (Å²) in [6.45, 7) is 2.09. The third-order valence-electron chi connectivity index (χ3n) is 7.03. The highest BCUT2D eigenvalue weighted by Crippen LogP contribution is 2.39. The molecule has 2 aliphatic rings. The number of aromatic nitrogens is 1. The lowest BCUT2D eigenvalue weighted by Gasteiger charge is -2.29. The van der Waals surface area contributed by atoms with E-state index in [0.29, 0.717) is 17.2 Å². The van der Waals surface area contributed by atoms with Crippen molar-refractivity contribution in [2.45, 2.75) is 58.1 Å². The second-order valence-electron chi connectivity index (χ2n) is 9.52. The summed E-state index contributed by atoms with van der Waals surface area (Å²) in [5, 5.41) is 24.2. The first-order chi connectivity index (χ1) is 15.5. The van der Waals surface area contributed by atoms with Gasteiger partial charge in [0.2, 0.25) is 0 Å². The zero-order valence-corrected chi connectivity index (χ0v) is 18.5. The molecule has 2 fully saturated rings. The van der Waals surface area contributed by atoms with Gasteiger partial charge >= 0.3 is 0 Å². The lowest BCUT2D eigenvalue weighted by molar-refractivity contribution is 0.0968.